The number of fused-ring (bicyclic) bond motifs is 2. The lowest BCUT2D eigenvalue weighted by molar-refractivity contribution is -0.276. The summed E-state index contributed by atoms with van der Waals surface area (Å²) >= 11 is 0. The molecule has 19 nitrogen and oxygen atoms in total. The van der Waals surface area contributed by atoms with Crippen molar-refractivity contribution in [1.29, 1.82) is 0 Å². The van der Waals surface area contributed by atoms with Crippen molar-refractivity contribution < 1.29 is 57.3 Å². The van der Waals surface area contributed by atoms with Crippen LogP contribution in [0.1, 0.15) is 94.7 Å². The number of carbonyl (C=O) groups excluding carboxylic acids is 2. The van der Waals surface area contributed by atoms with Gasteiger partial charge in [-0.05, 0) is 87.7 Å². The Balaban J connectivity index is 1.55. The van der Waals surface area contributed by atoms with E-state index in [1.165, 1.54) is 16.8 Å². The molecule has 0 radical (unpaired) electrons. The van der Waals surface area contributed by atoms with Gasteiger partial charge in [0.1, 0.15) is 60.0 Å². The Morgan fingerprint density at radius 1 is 0.929 bits per heavy atom. The van der Waals surface area contributed by atoms with Gasteiger partial charge in [0.25, 0.3) is 5.56 Å². The number of esters is 1. The van der Waals surface area contributed by atoms with Crippen LogP contribution in [-0.4, -0.2) is 131 Å². The average Bonchev–Trinajstić information content (AvgIpc) is 3.81. The van der Waals surface area contributed by atoms with E-state index in [9.17, 15) is 24.3 Å². The van der Waals surface area contributed by atoms with Gasteiger partial charge in [-0.2, -0.15) is 0 Å². The van der Waals surface area contributed by atoms with Crippen molar-refractivity contribution in [2.24, 2.45) is 0 Å². The lowest BCUT2D eigenvalue weighted by Crippen LogP contribution is -2.58. The van der Waals surface area contributed by atoms with Crippen molar-refractivity contribution in [3.8, 4) is 0 Å². The minimum Gasteiger partial charge on any atom is -0.459 e. The molecule has 0 spiro atoms. The van der Waals surface area contributed by atoms with Crippen molar-refractivity contribution in [3.05, 3.63) is 33.1 Å². The molecular weight excluding hydrogens is 738 g/mol. The molecule has 2 unspecified atom stereocenters. The first-order valence-corrected chi connectivity index (χ1v) is 19.4. The molecule has 0 aromatic carbocycles. The molecule has 4 aliphatic rings. The van der Waals surface area contributed by atoms with Crippen molar-refractivity contribution in [1.82, 2.24) is 25.5 Å². The third kappa shape index (κ3) is 10.5. The predicted octanol–water partition coefficient (Wildman–Crippen LogP) is 1.12. The van der Waals surface area contributed by atoms with Crippen LogP contribution >= 0.6 is 0 Å². The van der Waals surface area contributed by atoms with Gasteiger partial charge in [0.05, 0.1) is 6.73 Å². The highest BCUT2D eigenvalue weighted by molar-refractivity contribution is 5.77. The van der Waals surface area contributed by atoms with Crippen LogP contribution in [0.15, 0.2) is 21.9 Å². The monoisotopic (exact) mass is 799 g/mol. The standard InChI is InChI=1S/C37H61N5O14/c1-11-37(12-2)53-23-20(18-40-33(47)56-35(6,7)8)48-31(28(23)54-37)50-24(22(30(45)55-34(3,4)5)39-16-13-15-38-19-43)25-26-27(52-36(9,10)51-26)29(49-25)42-17-14-21(44)41-32(42)46/h14,17,20,22-29,31,38-39,43H,11-13,15-16,18-19H2,1-10H3,(H,40,47)(H,41,44,46)/t20?,22-,23+,24-,25+,26+,27+,28+,29+,31?/m0/s1. The van der Waals surface area contributed by atoms with E-state index in [0.29, 0.717) is 25.8 Å². The van der Waals surface area contributed by atoms with E-state index in [4.69, 9.17) is 42.6 Å². The first-order valence-electron chi connectivity index (χ1n) is 19.4. The number of amides is 1. The molecule has 1 amide bonds. The number of rotatable bonds is 16. The zero-order valence-corrected chi connectivity index (χ0v) is 34.1. The van der Waals surface area contributed by atoms with Crippen LogP contribution in [0.5, 0.6) is 0 Å². The SMILES string of the molecule is CCC1(CC)O[C@@H]2C(CNC(=O)OC(C)(C)C)OC(O[C@H]([C@H]3O[C@@H](n4ccc(=O)[nH]c4=O)[C@@H]4OC(C)(C)O[C@H]34)[C@H](NCCCNCO)C(=O)OC(C)(C)C)[C@@H]2O1. The van der Waals surface area contributed by atoms with Crippen LogP contribution in [0.4, 0.5) is 4.79 Å². The second-order valence-corrected chi connectivity index (χ2v) is 16.9. The number of ether oxygens (including phenoxy) is 9. The summed E-state index contributed by atoms with van der Waals surface area (Å²) in [6, 6.07) is -0.0332. The number of hydrogen-bond acceptors (Lipinski definition) is 16. The third-order valence-electron chi connectivity index (χ3n) is 9.69. The van der Waals surface area contributed by atoms with Crippen molar-refractivity contribution in [2.45, 2.75) is 173 Å². The molecule has 5 rings (SSSR count). The number of aromatic amines is 1. The van der Waals surface area contributed by atoms with E-state index in [0.717, 1.165) is 0 Å². The summed E-state index contributed by atoms with van der Waals surface area (Å²) in [6.45, 7) is 18.3. The molecule has 318 valence electrons. The fraction of sp³-hybridized carbons (Fsp3) is 0.838. The molecule has 5 N–H and O–H groups in total. The zero-order valence-electron chi connectivity index (χ0n) is 34.1. The van der Waals surface area contributed by atoms with Gasteiger partial charge in [0.2, 0.25) is 0 Å². The van der Waals surface area contributed by atoms with Crippen LogP contribution < -0.4 is 27.2 Å². The van der Waals surface area contributed by atoms with Gasteiger partial charge in [-0.25, -0.2) is 9.59 Å². The van der Waals surface area contributed by atoms with Gasteiger partial charge in [-0.1, -0.05) is 13.8 Å². The Bertz CT molecular complexity index is 1620. The summed E-state index contributed by atoms with van der Waals surface area (Å²) in [5.74, 6) is -2.78. The van der Waals surface area contributed by atoms with Crippen LogP contribution in [-0.2, 0) is 47.4 Å². The first kappa shape index (κ1) is 44.1. The van der Waals surface area contributed by atoms with E-state index in [2.05, 4.69) is 20.9 Å². The van der Waals surface area contributed by atoms with Crippen molar-refractivity contribution in [2.75, 3.05) is 26.4 Å². The molecule has 1 aromatic rings. The molecule has 56 heavy (non-hydrogen) atoms. The average molecular weight is 800 g/mol. The van der Waals surface area contributed by atoms with Gasteiger partial charge >= 0.3 is 17.8 Å². The summed E-state index contributed by atoms with van der Waals surface area (Å²) in [7, 11) is 0. The normalized spacial score (nSPS) is 30.4. The number of H-pyrrole nitrogens is 1. The highest BCUT2D eigenvalue weighted by atomic mass is 16.8. The highest BCUT2D eigenvalue weighted by Gasteiger charge is 2.63. The van der Waals surface area contributed by atoms with Crippen molar-refractivity contribution in [3.63, 3.8) is 0 Å². The maximum Gasteiger partial charge on any atom is 0.407 e. The second-order valence-electron chi connectivity index (χ2n) is 16.9. The lowest BCUT2D eigenvalue weighted by atomic mass is 9.98. The Morgan fingerprint density at radius 3 is 2.21 bits per heavy atom. The number of alkyl carbamates (subject to hydrolysis) is 1. The quantitative estimate of drug-likeness (QED) is 0.0897. The fourth-order valence-electron chi connectivity index (χ4n) is 7.31. The minimum absolute atomic E-state index is 0.00789. The number of hydrogen-bond donors (Lipinski definition) is 5. The molecule has 0 bridgehead atoms. The van der Waals surface area contributed by atoms with Crippen LogP contribution in [0, 0.1) is 0 Å². The van der Waals surface area contributed by atoms with E-state index in [1.54, 1.807) is 55.4 Å². The maximum atomic E-state index is 14.3. The third-order valence-corrected chi connectivity index (χ3v) is 9.69. The number of aliphatic hydroxyl groups excluding tert-OH is 1. The van der Waals surface area contributed by atoms with Crippen LogP contribution in [0.2, 0.25) is 0 Å². The smallest absolute Gasteiger partial charge is 0.407 e. The van der Waals surface area contributed by atoms with E-state index >= 15 is 0 Å². The van der Waals surface area contributed by atoms with Gasteiger partial charge < -0.3 is 58.4 Å². The number of aliphatic hydroxyl groups is 1. The summed E-state index contributed by atoms with van der Waals surface area (Å²) < 4.78 is 58.4. The highest BCUT2D eigenvalue weighted by Crippen LogP contribution is 2.47. The Kier molecular flexibility index (Phi) is 13.8. The molecule has 4 saturated heterocycles. The molecular formula is C37H61N5O14. The topological polar surface area (TPSA) is 228 Å². The number of nitrogens with zero attached hydrogens (tertiary/aromatic N) is 1. The Labute approximate surface area is 326 Å². The Morgan fingerprint density at radius 2 is 1.59 bits per heavy atom. The molecule has 0 aliphatic carbocycles. The molecule has 5 heterocycles. The largest absolute Gasteiger partial charge is 0.459 e. The number of aromatic nitrogens is 2. The molecule has 4 fully saturated rings. The summed E-state index contributed by atoms with van der Waals surface area (Å²) in [5, 5.41) is 18.2. The molecule has 10 atom stereocenters. The van der Waals surface area contributed by atoms with Gasteiger partial charge in [0, 0.05) is 18.8 Å². The molecule has 4 aliphatic heterocycles. The number of carbonyl (C=O) groups is 2. The molecule has 1 aromatic heterocycles. The second kappa shape index (κ2) is 17.5. The molecule has 0 saturated carbocycles. The maximum absolute atomic E-state index is 14.3. The van der Waals surface area contributed by atoms with E-state index < -0.39 is 107 Å². The van der Waals surface area contributed by atoms with Crippen LogP contribution in [0.3, 0.4) is 0 Å². The van der Waals surface area contributed by atoms with Gasteiger partial charge in [-0.15, -0.1) is 0 Å². The van der Waals surface area contributed by atoms with E-state index in [-0.39, 0.29) is 19.8 Å². The number of nitrogens with one attached hydrogen (secondary N) is 4. The summed E-state index contributed by atoms with van der Waals surface area (Å²) in [6.07, 6.45) is -6.54. The summed E-state index contributed by atoms with van der Waals surface area (Å²) in [5.41, 5.74) is -2.97. The lowest BCUT2D eigenvalue weighted by Gasteiger charge is -2.37. The first-order chi connectivity index (χ1) is 26.2. The summed E-state index contributed by atoms with van der Waals surface area (Å²) in [4.78, 5) is 54.4. The van der Waals surface area contributed by atoms with E-state index in [1.807, 2.05) is 13.8 Å². The predicted molar refractivity (Wildman–Crippen MR) is 197 cm³/mol. The van der Waals surface area contributed by atoms with Crippen LogP contribution in [0.25, 0.3) is 0 Å². The zero-order chi connectivity index (χ0) is 41.2. The van der Waals surface area contributed by atoms with Crippen molar-refractivity contribution >= 4 is 12.1 Å². The van der Waals surface area contributed by atoms with Gasteiger partial charge in [-0.3, -0.25) is 24.5 Å². The minimum atomic E-state index is -1.26. The van der Waals surface area contributed by atoms with Gasteiger partial charge in [0.15, 0.2) is 24.1 Å². The Hall–Kier alpha value is -2.98. The molecule has 19 heteroatoms. The fourth-order valence-corrected chi connectivity index (χ4v) is 7.31.